The summed E-state index contributed by atoms with van der Waals surface area (Å²) in [5.74, 6) is 0.0164. The molecule has 1 saturated heterocycles. The normalized spacial score (nSPS) is 24.4. The van der Waals surface area contributed by atoms with Gasteiger partial charge < -0.3 is 9.64 Å². The zero-order valence-electron chi connectivity index (χ0n) is 16.4. The minimum atomic E-state index is -0.264. The summed E-state index contributed by atoms with van der Waals surface area (Å²) in [4.78, 5) is 38.0. The number of para-hydroxylation sites is 1. The van der Waals surface area contributed by atoms with Gasteiger partial charge in [0.15, 0.2) is 0 Å². The molecule has 0 N–H and O–H groups in total. The summed E-state index contributed by atoms with van der Waals surface area (Å²) in [6.45, 7) is 3.65. The Morgan fingerprint density at radius 2 is 1.96 bits per heavy atom. The number of nitrogens with zero attached hydrogens (tertiary/aromatic N) is 2. The van der Waals surface area contributed by atoms with Crippen molar-refractivity contribution in [3.05, 3.63) is 36.0 Å². The highest BCUT2D eigenvalue weighted by Gasteiger charge is 2.42. The number of carbonyl (C=O) groups excluding carboxylic acids is 3. The van der Waals surface area contributed by atoms with Crippen LogP contribution in [0.5, 0.6) is 0 Å². The molecule has 1 aliphatic carbocycles. The lowest BCUT2D eigenvalue weighted by atomic mass is 9.77. The van der Waals surface area contributed by atoms with Crippen molar-refractivity contribution >= 4 is 28.7 Å². The topological polar surface area (TPSA) is 68.6 Å². The minimum Gasteiger partial charge on any atom is -0.462 e. The molecule has 6 heteroatoms. The van der Waals surface area contributed by atoms with E-state index in [-0.39, 0.29) is 35.8 Å². The largest absolute Gasteiger partial charge is 0.462 e. The first-order chi connectivity index (χ1) is 13.4. The zero-order chi connectivity index (χ0) is 19.8. The van der Waals surface area contributed by atoms with Gasteiger partial charge in [0.25, 0.3) is 0 Å². The van der Waals surface area contributed by atoms with Crippen LogP contribution in [-0.2, 0) is 20.7 Å². The summed E-state index contributed by atoms with van der Waals surface area (Å²) in [5, 5.41) is 1.07. The Kier molecular flexibility index (Phi) is 4.96. The molecule has 2 fully saturated rings. The summed E-state index contributed by atoms with van der Waals surface area (Å²) >= 11 is 0. The molecule has 148 valence electrons. The number of benzene rings is 1. The van der Waals surface area contributed by atoms with Crippen LogP contribution in [0.2, 0.25) is 0 Å². The molecule has 2 aromatic rings. The Morgan fingerprint density at radius 3 is 2.71 bits per heavy atom. The smallest absolute Gasteiger partial charge is 0.302 e. The molecule has 3 atom stereocenters. The maximum Gasteiger partial charge on any atom is 0.302 e. The number of hydrogen-bond acceptors (Lipinski definition) is 4. The number of aromatic nitrogens is 1. The molecular weight excluding hydrogens is 356 g/mol. The Hall–Kier alpha value is -2.63. The number of amides is 1. The van der Waals surface area contributed by atoms with Gasteiger partial charge in [0.1, 0.15) is 6.10 Å². The van der Waals surface area contributed by atoms with Gasteiger partial charge in [-0.25, -0.2) is 0 Å². The number of carbonyl (C=O) groups is 3. The molecule has 6 nitrogen and oxygen atoms in total. The monoisotopic (exact) mass is 382 g/mol. The van der Waals surface area contributed by atoms with E-state index in [0.717, 1.165) is 42.1 Å². The van der Waals surface area contributed by atoms with Crippen LogP contribution in [0, 0.1) is 5.92 Å². The van der Waals surface area contributed by atoms with E-state index in [1.54, 1.807) is 11.5 Å². The van der Waals surface area contributed by atoms with Crippen molar-refractivity contribution in [3.8, 4) is 0 Å². The van der Waals surface area contributed by atoms with Crippen molar-refractivity contribution in [2.45, 2.75) is 58.1 Å². The zero-order valence-corrected chi connectivity index (χ0v) is 16.4. The standard InChI is InChI=1S/C22H26N2O4/c1-14(25)24-13-16(19-5-3-4-6-20(19)24)9-10-23-18-7-8-21(28-15(2)26)17(11-18)12-22(23)27/h3-6,13,17-18,21H,7-12H2,1-2H3/t17-,18+,21+/m1/s1. The van der Waals surface area contributed by atoms with Crippen molar-refractivity contribution in [1.29, 1.82) is 0 Å². The maximum absolute atomic E-state index is 12.8. The van der Waals surface area contributed by atoms with Gasteiger partial charge in [0, 0.05) is 50.4 Å². The van der Waals surface area contributed by atoms with Gasteiger partial charge >= 0.3 is 5.97 Å². The molecule has 2 bridgehead atoms. The van der Waals surface area contributed by atoms with E-state index >= 15 is 0 Å². The summed E-state index contributed by atoms with van der Waals surface area (Å²) in [6.07, 6.45) is 5.55. The van der Waals surface area contributed by atoms with Gasteiger partial charge in [-0.3, -0.25) is 19.0 Å². The second kappa shape index (κ2) is 7.41. The third-order valence-electron chi connectivity index (χ3n) is 6.16. The Labute approximate surface area is 164 Å². The summed E-state index contributed by atoms with van der Waals surface area (Å²) in [7, 11) is 0. The number of fused-ring (bicyclic) bond motifs is 3. The lowest BCUT2D eigenvalue weighted by Crippen LogP contribution is -2.53. The second-order valence-corrected chi connectivity index (χ2v) is 7.98. The van der Waals surface area contributed by atoms with E-state index in [2.05, 4.69) is 0 Å². The molecule has 1 saturated carbocycles. The predicted octanol–water partition coefficient (Wildman–Crippen LogP) is 3.18. The Morgan fingerprint density at radius 1 is 1.18 bits per heavy atom. The van der Waals surface area contributed by atoms with E-state index < -0.39 is 0 Å². The van der Waals surface area contributed by atoms with Gasteiger partial charge in [-0.2, -0.15) is 0 Å². The van der Waals surface area contributed by atoms with E-state index in [0.29, 0.717) is 13.0 Å². The second-order valence-electron chi connectivity index (χ2n) is 7.98. The lowest BCUT2D eigenvalue weighted by molar-refractivity contribution is -0.160. The van der Waals surface area contributed by atoms with Crippen LogP contribution in [0.3, 0.4) is 0 Å². The molecule has 2 heterocycles. The molecule has 2 aliphatic rings. The van der Waals surface area contributed by atoms with E-state index in [1.807, 2.05) is 35.4 Å². The fraction of sp³-hybridized carbons (Fsp3) is 0.500. The fourth-order valence-electron chi connectivity index (χ4n) is 4.88. The third-order valence-corrected chi connectivity index (χ3v) is 6.16. The van der Waals surface area contributed by atoms with Gasteiger partial charge in [-0.15, -0.1) is 0 Å². The first kappa shape index (κ1) is 18.7. The Bertz CT molecular complexity index is 932. The fourth-order valence-corrected chi connectivity index (χ4v) is 4.88. The maximum atomic E-state index is 12.8. The van der Waals surface area contributed by atoms with E-state index in [4.69, 9.17) is 4.74 Å². The van der Waals surface area contributed by atoms with E-state index in [9.17, 15) is 14.4 Å². The third kappa shape index (κ3) is 3.43. The molecule has 1 aliphatic heterocycles. The molecule has 28 heavy (non-hydrogen) atoms. The summed E-state index contributed by atoms with van der Waals surface area (Å²) in [6, 6.07) is 8.11. The number of hydrogen-bond donors (Lipinski definition) is 0. The minimum absolute atomic E-state index is 0.0110. The number of ether oxygens (including phenoxy) is 1. The van der Waals surface area contributed by atoms with Crippen molar-refractivity contribution in [2.75, 3.05) is 6.54 Å². The number of piperidine rings is 1. The van der Waals surface area contributed by atoms with Crippen LogP contribution in [0.1, 0.15) is 49.9 Å². The van der Waals surface area contributed by atoms with Gasteiger partial charge in [0.2, 0.25) is 11.8 Å². The SMILES string of the molecule is CC(=O)O[C@H]1CC[C@H]2C[C@@H]1CC(=O)N2CCc1cn(C(C)=O)c2ccccc12. The van der Waals surface area contributed by atoms with Crippen molar-refractivity contribution < 1.29 is 19.1 Å². The highest BCUT2D eigenvalue weighted by atomic mass is 16.5. The molecule has 0 unspecified atom stereocenters. The quantitative estimate of drug-likeness (QED) is 0.762. The first-order valence-corrected chi connectivity index (χ1v) is 10.0. The molecule has 4 rings (SSSR count). The summed E-state index contributed by atoms with van der Waals surface area (Å²) in [5.41, 5.74) is 2.01. The molecule has 1 amide bonds. The van der Waals surface area contributed by atoms with Crippen LogP contribution in [-0.4, -0.2) is 45.9 Å². The van der Waals surface area contributed by atoms with Crippen molar-refractivity contribution in [1.82, 2.24) is 9.47 Å². The molecule has 1 aromatic heterocycles. The highest BCUT2D eigenvalue weighted by Crippen LogP contribution is 2.37. The lowest BCUT2D eigenvalue weighted by Gasteiger charge is -2.45. The van der Waals surface area contributed by atoms with Gasteiger partial charge in [0.05, 0.1) is 5.52 Å². The molecule has 0 radical (unpaired) electrons. The van der Waals surface area contributed by atoms with Crippen molar-refractivity contribution in [2.24, 2.45) is 5.92 Å². The molecular formula is C22H26N2O4. The van der Waals surface area contributed by atoms with Crippen LogP contribution >= 0.6 is 0 Å². The number of rotatable bonds is 4. The predicted molar refractivity (Wildman–Crippen MR) is 105 cm³/mol. The number of likely N-dealkylation sites (tertiary alicyclic amines) is 1. The van der Waals surface area contributed by atoms with Crippen LogP contribution < -0.4 is 0 Å². The molecule has 0 spiro atoms. The Balaban J connectivity index is 1.48. The highest BCUT2D eigenvalue weighted by molar-refractivity contribution is 5.93. The van der Waals surface area contributed by atoms with Crippen LogP contribution in [0.4, 0.5) is 0 Å². The van der Waals surface area contributed by atoms with Crippen molar-refractivity contribution in [3.63, 3.8) is 0 Å². The first-order valence-electron chi connectivity index (χ1n) is 10.0. The average Bonchev–Trinajstić information content (AvgIpc) is 3.02. The van der Waals surface area contributed by atoms with Crippen LogP contribution in [0.15, 0.2) is 30.5 Å². The van der Waals surface area contributed by atoms with E-state index in [1.165, 1.54) is 6.92 Å². The number of esters is 1. The average molecular weight is 382 g/mol. The van der Waals surface area contributed by atoms with Crippen LogP contribution in [0.25, 0.3) is 10.9 Å². The van der Waals surface area contributed by atoms with Gasteiger partial charge in [-0.1, -0.05) is 18.2 Å². The molecule has 1 aromatic carbocycles. The van der Waals surface area contributed by atoms with Gasteiger partial charge in [-0.05, 0) is 37.3 Å². The summed E-state index contributed by atoms with van der Waals surface area (Å²) < 4.78 is 7.10.